The predicted octanol–water partition coefficient (Wildman–Crippen LogP) is 8.47. The quantitative estimate of drug-likeness (QED) is 0.00946. The van der Waals surface area contributed by atoms with Crippen LogP contribution in [0.15, 0.2) is 122 Å². The van der Waals surface area contributed by atoms with Crippen molar-refractivity contribution in [1.82, 2.24) is 0 Å². The van der Waals surface area contributed by atoms with Crippen LogP contribution in [0.4, 0.5) is 0 Å². The molecule has 1 fully saturated rings. The van der Waals surface area contributed by atoms with Crippen molar-refractivity contribution in [2.24, 2.45) is 0 Å². The number of ether oxygens (including phenoxy) is 2. The molecular formula is C51H80O17P2. The third-order valence-corrected chi connectivity index (χ3v) is 11.7. The van der Waals surface area contributed by atoms with Crippen molar-refractivity contribution in [2.45, 2.75) is 172 Å². The summed E-state index contributed by atoms with van der Waals surface area (Å²) in [6.45, 7) is 2.63. The minimum Gasteiger partial charge on any atom is -0.462 e. The van der Waals surface area contributed by atoms with Gasteiger partial charge in [0.25, 0.3) is 0 Å². The number of phosphoric acid groups is 2. The van der Waals surface area contributed by atoms with Crippen molar-refractivity contribution in [3.63, 3.8) is 0 Å². The zero-order chi connectivity index (χ0) is 51.9. The molecule has 0 saturated heterocycles. The van der Waals surface area contributed by atoms with E-state index in [1.807, 2.05) is 85.9 Å². The van der Waals surface area contributed by atoms with E-state index in [2.05, 4.69) is 47.9 Å². The Morgan fingerprint density at radius 2 is 1.00 bits per heavy atom. The molecule has 0 aromatic heterocycles. The van der Waals surface area contributed by atoms with E-state index in [-0.39, 0.29) is 12.8 Å². The van der Waals surface area contributed by atoms with Gasteiger partial charge >= 0.3 is 27.6 Å². The SMILES string of the molecule is CCCCC/C=C\C/C=C\C/C=C\C/C=C\C/C=C\CCC(=O)OC[C@H](COP(=O)(O)O[C@H]1C(O)C(O)C(O)[C@@H](OP(=O)(O)O)C1O)OC(=O)CCC/C=C\C/C=C\C/C=C\C/C=C\C=C\[C@H](O)CC. The summed E-state index contributed by atoms with van der Waals surface area (Å²) in [5.74, 6) is -1.40. The Balaban J connectivity index is 2.69. The fraction of sp³-hybridized carbons (Fsp3) is 0.569. The molecule has 8 N–H and O–H groups in total. The van der Waals surface area contributed by atoms with Crippen LogP contribution in [-0.4, -0.2) is 114 Å². The highest BCUT2D eigenvalue weighted by molar-refractivity contribution is 7.47. The molecule has 0 heterocycles. The molecule has 0 aromatic rings. The highest BCUT2D eigenvalue weighted by atomic mass is 31.2. The van der Waals surface area contributed by atoms with Gasteiger partial charge in [0.15, 0.2) is 6.10 Å². The lowest BCUT2D eigenvalue weighted by atomic mass is 9.85. The second-order valence-electron chi connectivity index (χ2n) is 16.3. The first-order chi connectivity index (χ1) is 33.5. The van der Waals surface area contributed by atoms with Crippen LogP contribution in [0.2, 0.25) is 0 Å². The number of carbonyl (C=O) groups excluding carboxylic acids is 2. The van der Waals surface area contributed by atoms with E-state index < -0.39 is 89.6 Å². The van der Waals surface area contributed by atoms with E-state index in [0.717, 1.165) is 38.5 Å². The fourth-order valence-corrected chi connectivity index (χ4v) is 7.83. The average Bonchev–Trinajstić information content (AvgIpc) is 3.32. The van der Waals surface area contributed by atoms with E-state index in [0.29, 0.717) is 38.5 Å². The van der Waals surface area contributed by atoms with Gasteiger partial charge in [0.05, 0.1) is 12.7 Å². The molecule has 19 heteroatoms. The molecule has 5 unspecified atom stereocenters. The number of carbonyl (C=O) groups is 2. The highest BCUT2D eigenvalue weighted by Gasteiger charge is 2.54. The predicted molar refractivity (Wildman–Crippen MR) is 270 cm³/mol. The van der Waals surface area contributed by atoms with Crippen molar-refractivity contribution in [3.8, 4) is 0 Å². The lowest BCUT2D eigenvalue weighted by Gasteiger charge is -2.43. The van der Waals surface area contributed by atoms with Gasteiger partial charge < -0.3 is 49.7 Å². The lowest BCUT2D eigenvalue weighted by Crippen LogP contribution is -2.64. The summed E-state index contributed by atoms with van der Waals surface area (Å²) in [6, 6.07) is 0. The third-order valence-electron chi connectivity index (χ3n) is 10.2. The Bertz CT molecular complexity index is 1830. The average molecular weight is 1030 g/mol. The van der Waals surface area contributed by atoms with E-state index in [4.69, 9.17) is 18.5 Å². The molecule has 0 amide bonds. The second-order valence-corrected chi connectivity index (χ2v) is 18.9. The first-order valence-electron chi connectivity index (χ1n) is 24.2. The topological polar surface area (TPSA) is 276 Å². The largest absolute Gasteiger partial charge is 0.472 e. The molecule has 70 heavy (non-hydrogen) atoms. The van der Waals surface area contributed by atoms with Crippen molar-refractivity contribution < 1.29 is 82.0 Å². The number of esters is 2. The van der Waals surface area contributed by atoms with E-state index >= 15 is 0 Å². The highest BCUT2D eigenvalue weighted by Crippen LogP contribution is 2.49. The van der Waals surface area contributed by atoms with Crippen LogP contribution in [0.1, 0.15) is 123 Å². The third kappa shape index (κ3) is 33.9. The van der Waals surface area contributed by atoms with Gasteiger partial charge in [0.1, 0.15) is 43.2 Å². The van der Waals surface area contributed by atoms with Crippen LogP contribution in [-0.2, 0) is 41.8 Å². The van der Waals surface area contributed by atoms with Crippen molar-refractivity contribution in [1.29, 1.82) is 0 Å². The number of aliphatic hydroxyl groups is 5. The summed E-state index contributed by atoms with van der Waals surface area (Å²) < 4.78 is 49.2. The number of hydrogen-bond donors (Lipinski definition) is 8. The van der Waals surface area contributed by atoms with Crippen LogP contribution in [0.5, 0.6) is 0 Å². The van der Waals surface area contributed by atoms with Crippen LogP contribution in [0.25, 0.3) is 0 Å². The van der Waals surface area contributed by atoms with Crippen LogP contribution in [0.3, 0.4) is 0 Å². The molecule has 1 aliphatic rings. The van der Waals surface area contributed by atoms with Gasteiger partial charge in [-0.1, -0.05) is 148 Å². The Kier molecular flexibility index (Phi) is 36.7. The number of phosphoric ester groups is 2. The van der Waals surface area contributed by atoms with Gasteiger partial charge in [0, 0.05) is 12.8 Å². The van der Waals surface area contributed by atoms with Crippen molar-refractivity contribution in [3.05, 3.63) is 122 Å². The Labute approximate surface area is 414 Å². The summed E-state index contributed by atoms with van der Waals surface area (Å²) in [5.41, 5.74) is 0. The number of rotatable bonds is 38. The zero-order valence-corrected chi connectivity index (χ0v) is 42.5. The van der Waals surface area contributed by atoms with Crippen LogP contribution >= 0.6 is 15.6 Å². The Hall–Kier alpha value is -3.64. The molecule has 1 rings (SSSR count). The monoisotopic (exact) mass is 1030 g/mol. The maximum Gasteiger partial charge on any atom is 0.472 e. The van der Waals surface area contributed by atoms with Crippen molar-refractivity contribution >= 4 is 27.6 Å². The molecule has 17 nitrogen and oxygen atoms in total. The lowest BCUT2D eigenvalue weighted by molar-refractivity contribution is -0.216. The minimum absolute atomic E-state index is 0.0299. The van der Waals surface area contributed by atoms with Crippen LogP contribution < -0.4 is 0 Å². The minimum atomic E-state index is -5.39. The first-order valence-corrected chi connectivity index (χ1v) is 27.2. The number of unbranched alkanes of at least 4 members (excludes halogenated alkanes) is 4. The second kappa shape index (κ2) is 39.9. The van der Waals surface area contributed by atoms with Crippen LogP contribution in [0, 0.1) is 0 Å². The summed E-state index contributed by atoms with van der Waals surface area (Å²) in [4.78, 5) is 54.3. The molecule has 1 saturated carbocycles. The zero-order valence-electron chi connectivity index (χ0n) is 40.7. The Morgan fingerprint density at radius 1 is 0.529 bits per heavy atom. The van der Waals surface area contributed by atoms with Gasteiger partial charge in [0.2, 0.25) is 0 Å². The number of allylic oxidation sites excluding steroid dienone is 19. The van der Waals surface area contributed by atoms with E-state index in [9.17, 15) is 58.9 Å². The summed E-state index contributed by atoms with van der Waals surface area (Å²) in [5, 5.41) is 50.8. The van der Waals surface area contributed by atoms with Gasteiger partial charge in [-0.3, -0.25) is 23.2 Å². The number of aliphatic hydroxyl groups excluding tert-OH is 5. The molecule has 0 spiro atoms. The van der Waals surface area contributed by atoms with E-state index in [1.165, 1.54) is 19.3 Å². The molecule has 0 aliphatic heterocycles. The smallest absolute Gasteiger partial charge is 0.462 e. The molecule has 0 bridgehead atoms. The van der Waals surface area contributed by atoms with Crippen molar-refractivity contribution in [2.75, 3.05) is 13.2 Å². The molecule has 0 aromatic carbocycles. The molecular weight excluding hydrogens is 946 g/mol. The molecule has 396 valence electrons. The molecule has 0 radical (unpaired) electrons. The van der Waals surface area contributed by atoms with Gasteiger partial charge in [-0.25, -0.2) is 9.13 Å². The summed E-state index contributed by atoms with van der Waals surface area (Å²) in [6.07, 6.45) is 36.9. The van der Waals surface area contributed by atoms with Gasteiger partial charge in [-0.15, -0.1) is 0 Å². The maximum atomic E-state index is 13.0. The fourth-order valence-electron chi connectivity index (χ4n) is 6.29. The summed E-state index contributed by atoms with van der Waals surface area (Å²) >= 11 is 0. The normalized spacial score (nSPS) is 22.5. The van der Waals surface area contributed by atoms with Gasteiger partial charge in [-0.05, 0) is 83.5 Å². The Morgan fingerprint density at radius 3 is 1.50 bits per heavy atom. The summed E-state index contributed by atoms with van der Waals surface area (Å²) in [7, 11) is -10.7. The standard InChI is InChI=1S/C51H80O17P2/c1-3-5-6-7-8-9-10-11-12-13-14-15-16-20-23-26-29-32-35-38-44(53)64-40-43(41-65-70(62,63)68-51-48(57)46(55)47(56)50(49(51)58)67-69(59,60)61)66-45(54)39-36-33-30-27-24-21-18-17-19-22-25-28-31-34-37-42(52)4-2/h8-9,11-12,14-15,18-23,27-32,34,37,42-43,46-52,55-58H,3-7,10,13,16-17,24-26,33,35-36,38-41H2,1-2H3,(H,62,63)(H2,59,60,61)/b9-8-,12-11-,15-14-,21-18-,22-19-,23-20-,30-27-,31-28-,32-29-,37-34+/t42-,43-,46?,47?,48?,49?,50-,51+/m1/s1. The molecule has 9 atom stereocenters. The van der Waals surface area contributed by atoms with Gasteiger partial charge in [-0.2, -0.15) is 0 Å². The first kappa shape index (κ1) is 64.4. The van der Waals surface area contributed by atoms with E-state index in [1.54, 1.807) is 6.08 Å². The number of hydrogen-bond acceptors (Lipinski definition) is 14. The maximum absolute atomic E-state index is 13.0. The molecule has 1 aliphatic carbocycles.